The number of carbonyl (C=O) groups is 1. The van der Waals surface area contributed by atoms with Crippen LogP contribution in [-0.2, 0) is 19.5 Å². The highest BCUT2D eigenvalue weighted by atomic mass is 32.2. The monoisotopic (exact) mass is 438 g/mol. The minimum absolute atomic E-state index is 0.0728. The minimum Gasteiger partial charge on any atom is -0.383 e. The smallest absolute Gasteiger partial charge is 0.274 e. The van der Waals surface area contributed by atoms with Crippen LogP contribution in [0, 0.1) is 0 Å². The molecule has 1 aliphatic heterocycles. The van der Waals surface area contributed by atoms with E-state index in [1.165, 1.54) is 10.6 Å². The molecule has 1 amide bonds. The topological polar surface area (TPSA) is 93.4 Å². The van der Waals surface area contributed by atoms with Crippen molar-refractivity contribution in [3.05, 3.63) is 35.9 Å². The summed E-state index contributed by atoms with van der Waals surface area (Å²) in [5.74, 6) is 0.465. The van der Waals surface area contributed by atoms with Crippen LogP contribution in [-0.4, -0.2) is 92.8 Å². The molecule has 1 fully saturated rings. The van der Waals surface area contributed by atoms with Gasteiger partial charge < -0.3 is 18.8 Å². The SMILES string of the molecule is COCCN(CCOC)C(=O)c1nc([C@@H]2CCCN(S(C)(=O)=O)C2)n2ccccc12. The standard InChI is InChI=1S/C20H30N4O5S/c1-28-13-11-22(12-14-29-2)20(25)18-17-8-4-5-10-24(17)19(21-18)16-7-6-9-23(15-16)30(3,26)27/h4-5,8,10,16H,6-7,9,11-15H2,1-3H3/t16-/m1/s1. The average molecular weight is 439 g/mol. The summed E-state index contributed by atoms with van der Waals surface area (Å²) in [6.45, 7) is 2.60. The van der Waals surface area contributed by atoms with Gasteiger partial charge >= 0.3 is 0 Å². The normalized spacial score (nSPS) is 18.0. The third-order valence-corrected chi connectivity index (χ3v) is 6.68. The number of hydrogen-bond acceptors (Lipinski definition) is 6. The Hall–Kier alpha value is -2.01. The molecule has 30 heavy (non-hydrogen) atoms. The summed E-state index contributed by atoms with van der Waals surface area (Å²) in [5.41, 5.74) is 1.09. The molecule has 3 heterocycles. The minimum atomic E-state index is -3.27. The first kappa shape index (κ1) is 22.7. The molecule has 2 aromatic heterocycles. The van der Waals surface area contributed by atoms with E-state index in [-0.39, 0.29) is 11.8 Å². The third kappa shape index (κ3) is 5.00. The Labute approximate surface area is 177 Å². The Bertz CT molecular complexity index is 967. The van der Waals surface area contributed by atoms with Crippen LogP contribution in [0.4, 0.5) is 0 Å². The molecule has 2 aromatic rings. The number of amides is 1. The van der Waals surface area contributed by atoms with Crippen LogP contribution in [0.15, 0.2) is 24.4 Å². The second-order valence-corrected chi connectivity index (χ2v) is 9.49. The zero-order valence-corrected chi connectivity index (χ0v) is 18.6. The van der Waals surface area contributed by atoms with Gasteiger partial charge in [-0.1, -0.05) is 6.07 Å². The summed E-state index contributed by atoms with van der Waals surface area (Å²) in [7, 11) is -0.0764. The zero-order chi connectivity index (χ0) is 21.7. The van der Waals surface area contributed by atoms with Gasteiger partial charge in [-0.25, -0.2) is 17.7 Å². The molecule has 0 aromatic carbocycles. The van der Waals surface area contributed by atoms with E-state index < -0.39 is 10.0 Å². The predicted octanol–water partition coefficient (Wildman–Crippen LogP) is 1.21. The van der Waals surface area contributed by atoms with Crippen molar-refractivity contribution in [3.63, 3.8) is 0 Å². The van der Waals surface area contributed by atoms with Gasteiger partial charge in [0.2, 0.25) is 10.0 Å². The van der Waals surface area contributed by atoms with Crippen molar-refractivity contribution in [2.75, 3.05) is 59.9 Å². The molecule has 1 atom stereocenters. The quantitative estimate of drug-likeness (QED) is 0.584. The number of aromatic nitrogens is 2. The molecule has 1 aliphatic rings. The van der Waals surface area contributed by atoms with Crippen LogP contribution in [0.2, 0.25) is 0 Å². The van der Waals surface area contributed by atoms with Crippen molar-refractivity contribution in [1.82, 2.24) is 18.6 Å². The molecule has 0 bridgehead atoms. The van der Waals surface area contributed by atoms with Crippen molar-refractivity contribution in [2.45, 2.75) is 18.8 Å². The molecule has 10 heteroatoms. The van der Waals surface area contributed by atoms with Gasteiger partial charge in [0, 0.05) is 52.5 Å². The van der Waals surface area contributed by atoms with Gasteiger partial charge in [0.25, 0.3) is 5.91 Å². The number of fused-ring (bicyclic) bond motifs is 1. The number of piperidine rings is 1. The average Bonchev–Trinajstić information content (AvgIpc) is 3.13. The highest BCUT2D eigenvalue weighted by Gasteiger charge is 2.31. The lowest BCUT2D eigenvalue weighted by Gasteiger charge is -2.30. The van der Waals surface area contributed by atoms with Crippen molar-refractivity contribution in [2.24, 2.45) is 0 Å². The van der Waals surface area contributed by atoms with E-state index in [0.717, 1.165) is 18.7 Å². The maximum atomic E-state index is 13.3. The highest BCUT2D eigenvalue weighted by Crippen LogP contribution is 2.29. The molecule has 0 unspecified atom stereocenters. The van der Waals surface area contributed by atoms with Gasteiger partial charge in [-0.15, -0.1) is 0 Å². The molecule has 166 valence electrons. The van der Waals surface area contributed by atoms with E-state index in [4.69, 9.17) is 14.5 Å². The Morgan fingerprint density at radius 3 is 2.57 bits per heavy atom. The van der Waals surface area contributed by atoms with Crippen LogP contribution in [0.5, 0.6) is 0 Å². The van der Waals surface area contributed by atoms with E-state index in [1.54, 1.807) is 19.1 Å². The van der Waals surface area contributed by atoms with Gasteiger partial charge in [-0.2, -0.15) is 0 Å². The second-order valence-electron chi connectivity index (χ2n) is 7.51. The summed E-state index contributed by atoms with van der Waals surface area (Å²) in [6.07, 6.45) is 4.70. The van der Waals surface area contributed by atoms with Gasteiger partial charge in [-0.05, 0) is 25.0 Å². The fraction of sp³-hybridized carbons (Fsp3) is 0.600. The fourth-order valence-corrected chi connectivity index (χ4v) is 4.74. The number of carbonyl (C=O) groups excluding carboxylic acids is 1. The second kappa shape index (κ2) is 9.86. The molecule has 0 N–H and O–H groups in total. The Morgan fingerprint density at radius 2 is 1.93 bits per heavy atom. The number of hydrogen-bond donors (Lipinski definition) is 0. The van der Waals surface area contributed by atoms with E-state index in [2.05, 4.69) is 0 Å². The van der Waals surface area contributed by atoms with E-state index >= 15 is 0 Å². The molecule has 1 saturated heterocycles. The lowest BCUT2D eigenvalue weighted by molar-refractivity contribution is 0.0624. The molecule has 9 nitrogen and oxygen atoms in total. The van der Waals surface area contributed by atoms with E-state index in [0.29, 0.717) is 50.6 Å². The van der Waals surface area contributed by atoms with Gasteiger partial charge in [0.1, 0.15) is 5.82 Å². The molecule has 0 radical (unpaired) electrons. The van der Waals surface area contributed by atoms with Crippen LogP contribution in [0.25, 0.3) is 5.52 Å². The maximum absolute atomic E-state index is 13.3. The van der Waals surface area contributed by atoms with E-state index in [9.17, 15) is 13.2 Å². The van der Waals surface area contributed by atoms with Gasteiger partial charge in [-0.3, -0.25) is 4.79 Å². The van der Waals surface area contributed by atoms with Gasteiger partial charge in [0.15, 0.2) is 5.69 Å². The Morgan fingerprint density at radius 1 is 1.23 bits per heavy atom. The van der Waals surface area contributed by atoms with Crippen LogP contribution >= 0.6 is 0 Å². The zero-order valence-electron chi connectivity index (χ0n) is 17.8. The van der Waals surface area contributed by atoms with Crippen molar-refractivity contribution in [3.8, 4) is 0 Å². The van der Waals surface area contributed by atoms with Crippen LogP contribution < -0.4 is 0 Å². The first-order valence-corrected chi connectivity index (χ1v) is 11.9. The summed E-state index contributed by atoms with van der Waals surface area (Å²) in [6, 6.07) is 5.62. The number of sulfonamides is 1. The lowest BCUT2D eigenvalue weighted by Crippen LogP contribution is -2.39. The Kier molecular flexibility index (Phi) is 7.45. The van der Waals surface area contributed by atoms with Crippen molar-refractivity contribution >= 4 is 21.4 Å². The first-order valence-electron chi connectivity index (χ1n) is 10.1. The third-order valence-electron chi connectivity index (χ3n) is 5.41. The highest BCUT2D eigenvalue weighted by molar-refractivity contribution is 7.88. The van der Waals surface area contributed by atoms with E-state index in [1.807, 2.05) is 28.8 Å². The predicted molar refractivity (Wildman–Crippen MR) is 113 cm³/mol. The lowest BCUT2D eigenvalue weighted by atomic mass is 9.99. The number of rotatable bonds is 9. The molecule has 0 spiro atoms. The molecular weight excluding hydrogens is 408 g/mol. The van der Waals surface area contributed by atoms with Gasteiger partial charge in [0.05, 0.1) is 25.0 Å². The number of nitrogens with zero attached hydrogens (tertiary/aromatic N) is 4. The number of pyridine rings is 1. The summed E-state index contributed by atoms with van der Waals surface area (Å²) in [5, 5.41) is 0. The van der Waals surface area contributed by atoms with Crippen molar-refractivity contribution < 1.29 is 22.7 Å². The number of ether oxygens (including phenoxy) is 2. The number of imidazole rings is 1. The Balaban J connectivity index is 1.96. The summed E-state index contributed by atoms with van der Waals surface area (Å²) in [4.78, 5) is 19.7. The summed E-state index contributed by atoms with van der Waals surface area (Å²) >= 11 is 0. The summed E-state index contributed by atoms with van der Waals surface area (Å²) < 4.78 is 37.8. The molecule has 3 rings (SSSR count). The van der Waals surface area contributed by atoms with Crippen LogP contribution in [0.1, 0.15) is 35.1 Å². The fourth-order valence-electron chi connectivity index (χ4n) is 3.83. The molecular formula is C20H30N4O5S. The van der Waals surface area contributed by atoms with Crippen molar-refractivity contribution in [1.29, 1.82) is 0 Å². The van der Waals surface area contributed by atoms with Crippen LogP contribution in [0.3, 0.4) is 0 Å². The first-order chi connectivity index (χ1) is 14.4. The molecule has 0 aliphatic carbocycles. The number of methoxy groups -OCH3 is 2. The molecule has 0 saturated carbocycles. The largest absolute Gasteiger partial charge is 0.383 e. The maximum Gasteiger partial charge on any atom is 0.274 e.